The second kappa shape index (κ2) is 15.0. The van der Waals surface area contributed by atoms with Gasteiger partial charge in [0.15, 0.2) is 0 Å². The Morgan fingerprint density at radius 2 is 1.27 bits per heavy atom. The second-order valence-electron chi connectivity index (χ2n) is 6.07. The van der Waals surface area contributed by atoms with E-state index in [0.717, 1.165) is 38.5 Å². The highest BCUT2D eigenvalue weighted by Crippen LogP contribution is 2.10. The zero-order chi connectivity index (χ0) is 16.6. The number of aliphatic carboxylic acids is 1. The molecule has 22 heavy (non-hydrogen) atoms. The minimum absolute atomic E-state index is 0.229. The maximum atomic E-state index is 10.3. The molecule has 0 fully saturated rings. The summed E-state index contributed by atoms with van der Waals surface area (Å²) in [6, 6.07) is 0. The third-order valence-corrected chi connectivity index (χ3v) is 3.80. The first kappa shape index (κ1) is 21.1. The van der Waals surface area contributed by atoms with Gasteiger partial charge in [0.05, 0.1) is 12.2 Å². The molecule has 0 aromatic carbocycles. The molecule has 0 heterocycles. The molecule has 0 aliphatic heterocycles. The lowest BCUT2D eigenvalue weighted by Gasteiger charge is -2.08. The minimum atomic E-state index is -0.744. The van der Waals surface area contributed by atoms with Gasteiger partial charge in [-0.15, -0.1) is 0 Å². The standard InChI is InChI=1S/C18H34O4/c1-2-3-4-5-8-11-16(19)14-15-17(20)12-9-6-7-10-13-18(21)22/h14-17,19-20H,2-13H2,1H3,(H,21,22)/b15-14-/t16-,17+/m1/s1. The van der Waals surface area contributed by atoms with Crippen molar-refractivity contribution in [3.05, 3.63) is 12.2 Å². The Kier molecular flexibility index (Phi) is 14.4. The van der Waals surface area contributed by atoms with E-state index in [1.54, 1.807) is 12.2 Å². The first-order valence-corrected chi connectivity index (χ1v) is 8.82. The quantitative estimate of drug-likeness (QED) is 0.315. The summed E-state index contributed by atoms with van der Waals surface area (Å²) in [6.45, 7) is 2.19. The summed E-state index contributed by atoms with van der Waals surface area (Å²) in [7, 11) is 0. The van der Waals surface area contributed by atoms with Crippen LogP contribution in [-0.4, -0.2) is 33.5 Å². The number of hydrogen-bond acceptors (Lipinski definition) is 3. The molecule has 0 saturated heterocycles. The van der Waals surface area contributed by atoms with Crippen molar-refractivity contribution in [1.82, 2.24) is 0 Å². The molecule has 0 aromatic heterocycles. The summed E-state index contributed by atoms with van der Waals surface area (Å²) < 4.78 is 0. The molecule has 4 nitrogen and oxygen atoms in total. The fraction of sp³-hybridized carbons (Fsp3) is 0.833. The van der Waals surface area contributed by atoms with Gasteiger partial charge in [0.2, 0.25) is 0 Å². The van der Waals surface area contributed by atoms with E-state index in [1.807, 2.05) is 0 Å². The average molecular weight is 314 g/mol. The lowest BCUT2D eigenvalue weighted by molar-refractivity contribution is -0.137. The highest BCUT2D eigenvalue weighted by atomic mass is 16.4. The van der Waals surface area contributed by atoms with E-state index >= 15 is 0 Å². The molecule has 0 aliphatic rings. The van der Waals surface area contributed by atoms with Gasteiger partial charge in [-0.1, -0.05) is 70.4 Å². The second-order valence-corrected chi connectivity index (χ2v) is 6.07. The van der Waals surface area contributed by atoms with E-state index in [-0.39, 0.29) is 6.42 Å². The highest BCUT2D eigenvalue weighted by Gasteiger charge is 2.03. The molecule has 3 N–H and O–H groups in total. The van der Waals surface area contributed by atoms with Crippen LogP contribution in [-0.2, 0) is 4.79 Å². The van der Waals surface area contributed by atoms with Gasteiger partial charge in [-0.05, 0) is 19.3 Å². The number of aliphatic hydroxyl groups excluding tert-OH is 2. The van der Waals surface area contributed by atoms with E-state index in [2.05, 4.69) is 6.92 Å². The van der Waals surface area contributed by atoms with E-state index in [0.29, 0.717) is 12.8 Å². The molecule has 0 amide bonds. The Hall–Kier alpha value is -0.870. The topological polar surface area (TPSA) is 77.8 Å². The van der Waals surface area contributed by atoms with Crippen LogP contribution in [0.25, 0.3) is 0 Å². The van der Waals surface area contributed by atoms with Gasteiger partial charge < -0.3 is 15.3 Å². The van der Waals surface area contributed by atoms with Gasteiger partial charge in [-0.25, -0.2) is 0 Å². The van der Waals surface area contributed by atoms with Crippen molar-refractivity contribution in [3.8, 4) is 0 Å². The fourth-order valence-electron chi connectivity index (χ4n) is 2.39. The predicted molar refractivity (Wildman–Crippen MR) is 89.9 cm³/mol. The molecule has 0 unspecified atom stereocenters. The molecular formula is C18H34O4. The number of carboxylic acid groups (broad SMARTS) is 1. The van der Waals surface area contributed by atoms with Crippen LogP contribution in [0.3, 0.4) is 0 Å². The molecular weight excluding hydrogens is 280 g/mol. The van der Waals surface area contributed by atoms with Crippen LogP contribution in [0.15, 0.2) is 12.2 Å². The third kappa shape index (κ3) is 15.5. The normalized spacial score (nSPS) is 14.3. The van der Waals surface area contributed by atoms with Crippen LogP contribution in [0, 0.1) is 0 Å². The Balaban J connectivity index is 3.51. The number of hydrogen-bond donors (Lipinski definition) is 3. The van der Waals surface area contributed by atoms with Gasteiger partial charge >= 0.3 is 5.97 Å². The smallest absolute Gasteiger partial charge is 0.303 e. The summed E-state index contributed by atoms with van der Waals surface area (Å²) >= 11 is 0. The largest absolute Gasteiger partial charge is 0.481 e. The highest BCUT2D eigenvalue weighted by molar-refractivity contribution is 5.66. The van der Waals surface area contributed by atoms with Crippen LogP contribution in [0.1, 0.15) is 84.0 Å². The molecule has 4 heteroatoms. The van der Waals surface area contributed by atoms with E-state index in [9.17, 15) is 15.0 Å². The lowest BCUT2D eigenvalue weighted by Crippen LogP contribution is -2.06. The zero-order valence-electron chi connectivity index (χ0n) is 14.0. The number of carboxylic acids is 1. The molecule has 0 aromatic rings. The maximum Gasteiger partial charge on any atom is 0.303 e. The molecule has 2 atom stereocenters. The molecule has 130 valence electrons. The lowest BCUT2D eigenvalue weighted by atomic mass is 10.1. The zero-order valence-corrected chi connectivity index (χ0v) is 14.0. The van der Waals surface area contributed by atoms with E-state index in [1.165, 1.54) is 19.3 Å². The predicted octanol–water partition coefficient (Wildman–Crippen LogP) is 4.05. The van der Waals surface area contributed by atoms with Crippen molar-refractivity contribution in [2.24, 2.45) is 0 Å². The monoisotopic (exact) mass is 314 g/mol. The first-order valence-electron chi connectivity index (χ1n) is 8.82. The van der Waals surface area contributed by atoms with Gasteiger partial charge in [0, 0.05) is 6.42 Å². The molecule has 0 spiro atoms. The van der Waals surface area contributed by atoms with Crippen molar-refractivity contribution in [3.63, 3.8) is 0 Å². The summed E-state index contributed by atoms with van der Waals surface area (Å²) in [6.07, 6.45) is 13.4. The van der Waals surface area contributed by atoms with Crippen LogP contribution in [0.2, 0.25) is 0 Å². The molecule has 0 rings (SSSR count). The Morgan fingerprint density at radius 3 is 1.73 bits per heavy atom. The third-order valence-electron chi connectivity index (χ3n) is 3.80. The number of aliphatic hydroxyl groups is 2. The first-order chi connectivity index (χ1) is 10.6. The van der Waals surface area contributed by atoms with Gasteiger partial charge in [0.25, 0.3) is 0 Å². The molecule has 0 bridgehead atoms. The fourth-order valence-corrected chi connectivity index (χ4v) is 2.39. The SMILES string of the molecule is CCCCCCC[C@@H](O)/C=C\[C@@H](O)CCCCCCC(=O)O. The van der Waals surface area contributed by atoms with Crippen LogP contribution >= 0.6 is 0 Å². The number of carbonyl (C=O) groups is 1. The molecule has 0 saturated carbocycles. The summed E-state index contributed by atoms with van der Waals surface area (Å²) in [5.41, 5.74) is 0. The number of rotatable bonds is 15. The Morgan fingerprint density at radius 1 is 0.818 bits per heavy atom. The van der Waals surface area contributed by atoms with Gasteiger partial charge in [-0.2, -0.15) is 0 Å². The van der Waals surface area contributed by atoms with Crippen LogP contribution in [0.4, 0.5) is 0 Å². The van der Waals surface area contributed by atoms with Crippen molar-refractivity contribution >= 4 is 5.97 Å². The summed E-state index contributed by atoms with van der Waals surface area (Å²) in [4.78, 5) is 10.3. The Labute approximate surface area is 135 Å². The molecule has 0 radical (unpaired) electrons. The maximum absolute atomic E-state index is 10.3. The number of unbranched alkanes of at least 4 members (excludes halogenated alkanes) is 7. The summed E-state index contributed by atoms with van der Waals surface area (Å²) in [5.74, 6) is -0.744. The van der Waals surface area contributed by atoms with Crippen LogP contribution in [0.5, 0.6) is 0 Å². The van der Waals surface area contributed by atoms with Gasteiger partial charge in [-0.3, -0.25) is 4.79 Å². The Bertz CT molecular complexity index is 289. The van der Waals surface area contributed by atoms with Crippen molar-refractivity contribution in [2.75, 3.05) is 0 Å². The molecule has 0 aliphatic carbocycles. The van der Waals surface area contributed by atoms with Crippen molar-refractivity contribution < 1.29 is 20.1 Å². The average Bonchev–Trinajstić information content (AvgIpc) is 2.48. The van der Waals surface area contributed by atoms with Crippen LogP contribution < -0.4 is 0 Å². The van der Waals surface area contributed by atoms with E-state index < -0.39 is 18.2 Å². The van der Waals surface area contributed by atoms with Gasteiger partial charge in [0.1, 0.15) is 0 Å². The summed E-state index contributed by atoms with van der Waals surface area (Å²) in [5, 5.41) is 28.1. The van der Waals surface area contributed by atoms with Crippen molar-refractivity contribution in [1.29, 1.82) is 0 Å². The van der Waals surface area contributed by atoms with Crippen molar-refractivity contribution in [2.45, 2.75) is 96.2 Å². The van der Waals surface area contributed by atoms with E-state index in [4.69, 9.17) is 5.11 Å². The minimum Gasteiger partial charge on any atom is -0.481 e.